The Bertz CT molecular complexity index is 33.9. The second-order valence-corrected chi connectivity index (χ2v) is 1.20. The van der Waals surface area contributed by atoms with Crippen molar-refractivity contribution in [2.24, 2.45) is 5.73 Å². The molecule has 1 aliphatic rings. The first-order chi connectivity index (χ1) is 2.39. The first-order valence-corrected chi connectivity index (χ1v) is 1.77. The van der Waals surface area contributed by atoms with Gasteiger partial charge in [0.1, 0.15) is 6.23 Å². The summed E-state index contributed by atoms with van der Waals surface area (Å²) in [5, 5.41) is 0. The van der Waals surface area contributed by atoms with Crippen LogP contribution >= 0.6 is 0 Å². The summed E-state index contributed by atoms with van der Waals surface area (Å²) in [6, 6.07) is 0. The minimum Gasteiger partial charge on any atom is -0.363 e. The van der Waals surface area contributed by atoms with Crippen LogP contribution in [-0.4, -0.2) is 12.8 Å². The van der Waals surface area contributed by atoms with Crippen molar-refractivity contribution in [3.8, 4) is 0 Å². The minimum atomic E-state index is 0.0648. The zero-order valence-electron chi connectivity index (χ0n) is 2.98. The molecule has 2 heteroatoms. The van der Waals surface area contributed by atoms with Crippen LogP contribution in [0.25, 0.3) is 0 Å². The minimum absolute atomic E-state index is 0.0648. The molecule has 1 saturated heterocycles. The Labute approximate surface area is 30.9 Å². The molecule has 0 aromatic heterocycles. The highest BCUT2D eigenvalue weighted by Gasteiger charge is 2.09. The van der Waals surface area contributed by atoms with Gasteiger partial charge in [-0.05, 0) is 0 Å². The summed E-state index contributed by atoms with van der Waals surface area (Å²) in [5.41, 5.74) is 5.16. The number of hydrogen-bond donors (Lipinski definition) is 1. The highest BCUT2D eigenvalue weighted by atomic mass is 16.5. The Morgan fingerprint density at radius 1 is 1.80 bits per heavy atom. The van der Waals surface area contributed by atoms with E-state index in [-0.39, 0.29) is 6.23 Å². The van der Waals surface area contributed by atoms with Crippen molar-refractivity contribution >= 4 is 0 Å². The molecule has 0 unspecified atom stereocenters. The van der Waals surface area contributed by atoms with Crippen molar-refractivity contribution < 1.29 is 4.74 Å². The van der Waals surface area contributed by atoms with Crippen LogP contribution < -0.4 is 5.73 Å². The lowest BCUT2D eigenvalue weighted by Gasteiger charge is -2.20. The van der Waals surface area contributed by atoms with Gasteiger partial charge in [-0.3, -0.25) is 0 Å². The maximum absolute atomic E-state index is 5.16. The standard InChI is InChI=1S/C3H7NO/c4-3-1-2-5-3/h3H,1-2,4H2/t3-/m0/s1. The molecule has 30 valence electrons. The van der Waals surface area contributed by atoms with Crippen molar-refractivity contribution in [1.82, 2.24) is 0 Å². The first-order valence-electron chi connectivity index (χ1n) is 1.77. The zero-order chi connectivity index (χ0) is 3.70. The smallest absolute Gasteiger partial charge is 0.107 e. The Hall–Kier alpha value is -0.0800. The topological polar surface area (TPSA) is 35.2 Å². The molecule has 0 aromatic rings. The van der Waals surface area contributed by atoms with Gasteiger partial charge in [-0.1, -0.05) is 0 Å². The van der Waals surface area contributed by atoms with Crippen molar-refractivity contribution in [3.63, 3.8) is 0 Å². The molecule has 2 nitrogen and oxygen atoms in total. The van der Waals surface area contributed by atoms with Gasteiger partial charge in [-0.15, -0.1) is 0 Å². The summed E-state index contributed by atoms with van der Waals surface area (Å²) in [6.45, 7) is 0.862. The molecule has 0 radical (unpaired) electrons. The van der Waals surface area contributed by atoms with E-state index in [2.05, 4.69) is 0 Å². The molecule has 1 atom stereocenters. The number of hydrogen-bond acceptors (Lipinski definition) is 2. The SMILES string of the molecule is N[C@@H]1CCO1. The maximum Gasteiger partial charge on any atom is 0.107 e. The summed E-state index contributed by atoms with van der Waals surface area (Å²) < 4.78 is 4.71. The fourth-order valence-corrected chi connectivity index (χ4v) is 0.254. The Kier molecular flexibility index (Phi) is 0.596. The highest BCUT2D eigenvalue weighted by molar-refractivity contribution is 4.55. The summed E-state index contributed by atoms with van der Waals surface area (Å²) in [6.07, 6.45) is 1.11. The van der Waals surface area contributed by atoms with E-state index in [0.29, 0.717) is 0 Å². The number of ether oxygens (including phenoxy) is 1. The summed E-state index contributed by atoms with van der Waals surface area (Å²) in [5.74, 6) is 0. The molecule has 0 saturated carbocycles. The molecule has 0 aromatic carbocycles. The second kappa shape index (κ2) is 0.954. The molecule has 1 fully saturated rings. The third-order valence-electron chi connectivity index (χ3n) is 0.734. The van der Waals surface area contributed by atoms with Crippen LogP contribution in [0.5, 0.6) is 0 Å². The third-order valence-corrected chi connectivity index (χ3v) is 0.734. The van der Waals surface area contributed by atoms with Crippen LogP contribution in [0.4, 0.5) is 0 Å². The lowest BCUT2D eigenvalue weighted by atomic mass is 10.3. The van der Waals surface area contributed by atoms with Crippen LogP contribution in [0.3, 0.4) is 0 Å². The Morgan fingerprint density at radius 2 is 2.20 bits per heavy atom. The van der Waals surface area contributed by atoms with E-state index in [1.54, 1.807) is 0 Å². The van der Waals surface area contributed by atoms with Gasteiger partial charge in [0, 0.05) is 6.42 Å². The monoisotopic (exact) mass is 73.1 g/mol. The molecule has 5 heavy (non-hydrogen) atoms. The van der Waals surface area contributed by atoms with Gasteiger partial charge in [-0.25, -0.2) is 0 Å². The number of nitrogens with two attached hydrogens (primary N) is 1. The van der Waals surface area contributed by atoms with E-state index < -0.39 is 0 Å². The quantitative estimate of drug-likeness (QED) is 0.427. The van der Waals surface area contributed by atoms with Gasteiger partial charge in [-0.2, -0.15) is 0 Å². The van der Waals surface area contributed by atoms with Crippen LogP contribution in [0.15, 0.2) is 0 Å². The van der Waals surface area contributed by atoms with E-state index >= 15 is 0 Å². The molecule has 1 heterocycles. The third kappa shape index (κ3) is 0.412. The molecule has 0 aliphatic carbocycles. The number of rotatable bonds is 0. The van der Waals surface area contributed by atoms with E-state index in [1.165, 1.54) is 0 Å². The fourth-order valence-electron chi connectivity index (χ4n) is 0.254. The fraction of sp³-hybridized carbons (Fsp3) is 1.00. The lowest BCUT2D eigenvalue weighted by Crippen LogP contribution is -2.34. The van der Waals surface area contributed by atoms with Gasteiger partial charge in [0.2, 0.25) is 0 Å². The van der Waals surface area contributed by atoms with Crippen LogP contribution in [0.2, 0.25) is 0 Å². The van der Waals surface area contributed by atoms with Gasteiger partial charge >= 0.3 is 0 Å². The molecular formula is C3H7NO. The summed E-state index contributed by atoms with van der Waals surface area (Å²) in [4.78, 5) is 0. The molecule has 2 N–H and O–H groups in total. The molecule has 1 rings (SSSR count). The first kappa shape index (κ1) is 3.12. The van der Waals surface area contributed by atoms with Crippen molar-refractivity contribution in [2.75, 3.05) is 6.61 Å². The van der Waals surface area contributed by atoms with E-state index in [1.807, 2.05) is 0 Å². The van der Waals surface area contributed by atoms with E-state index in [4.69, 9.17) is 10.5 Å². The van der Waals surface area contributed by atoms with Gasteiger partial charge in [0.15, 0.2) is 0 Å². The van der Waals surface area contributed by atoms with Crippen LogP contribution in [0.1, 0.15) is 6.42 Å². The predicted molar refractivity (Wildman–Crippen MR) is 18.5 cm³/mol. The zero-order valence-corrected chi connectivity index (χ0v) is 2.98. The van der Waals surface area contributed by atoms with Crippen molar-refractivity contribution in [1.29, 1.82) is 0 Å². The average Bonchev–Trinajstić information content (AvgIpc) is 1.30. The molecule has 0 bridgehead atoms. The molecule has 1 aliphatic heterocycles. The Morgan fingerprint density at radius 3 is 2.20 bits per heavy atom. The van der Waals surface area contributed by atoms with E-state index in [0.717, 1.165) is 13.0 Å². The van der Waals surface area contributed by atoms with Crippen LogP contribution in [0, 0.1) is 0 Å². The molecular weight excluding hydrogens is 66.0 g/mol. The van der Waals surface area contributed by atoms with Crippen molar-refractivity contribution in [3.05, 3.63) is 0 Å². The lowest BCUT2D eigenvalue weighted by molar-refractivity contribution is -0.0455. The van der Waals surface area contributed by atoms with E-state index in [9.17, 15) is 0 Å². The van der Waals surface area contributed by atoms with Gasteiger partial charge < -0.3 is 10.5 Å². The average molecular weight is 73.1 g/mol. The predicted octanol–water partition coefficient (Wildman–Crippen LogP) is -0.309. The molecule has 0 amide bonds. The normalized spacial score (nSPS) is 36.6. The second-order valence-electron chi connectivity index (χ2n) is 1.20. The Balaban J connectivity index is 2.08. The van der Waals surface area contributed by atoms with Gasteiger partial charge in [0.25, 0.3) is 0 Å². The highest BCUT2D eigenvalue weighted by Crippen LogP contribution is 2.01. The summed E-state index contributed by atoms with van der Waals surface area (Å²) in [7, 11) is 0. The maximum atomic E-state index is 5.16. The molecule has 0 spiro atoms. The van der Waals surface area contributed by atoms with Crippen molar-refractivity contribution in [2.45, 2.75) is 12.6 Å². The summed E-state index contributed by atoms with van der Waals surface area (Å²) >= 11 is 0. The van der Waals surface area contributed by atoms with Gasteiger partial charge in [0.05, 0.1) is 6.61 Å². The largest absolute Gasteiger partial charge is 0.363 e. The van der Waals surface area contributed by atoms with Crippen LogP contribution in [-0.2, 0) is 4.74 Å².